The zero-order valence-electron chi connectivity index (χ0n) is 13.1. The van der Waals surface area contributed by atoms with E-state index in [0.717, 1.165) is 18.2 Å². The van der Waals surface area contributed by atoms with Gasteiger partial charge in [0.25, 0.3) is 0 Å². The largest absolute Gasteiger partial charge is 0.416 e. The molecular weight excluding hydrogens is 343 g/mol. The number of alkyl halides is 3. The molecule has 0 fully saturated rings. The predicted octanol–water partition coefficient (Wildman–Crippen LogP) is 3.99. The van der Waals surface area contributed by atoms with E-state index in [-0.39, 0.29) is 17.8 Å². The van der Waals surface area contributed by atoms with E-state index in [9.17, 15) is 26.7 Å². The van der Waals surface area contributed by atoms with Gasteiger partial charge in [0.05, 0.1) is 17.2 Å². The molecule has 3 nitrogen and oxygen atoms in total. The highest BCUT2D eigenvalue weighted by Gasteiger charge is 2.31. The van der Waals surface area contributed by atoms with E-state index in [2.05, 4.69) is 5.32 Å². The zero-order valence-corrected chi connectivity index (χ0v) is 13.1. The first-order valence-corrected chi connectivity index (χ1v) is 7.28. The van der Waals surface area contributed by atoms with Crippen molar-refractivity contribution in [2.24, 2.45) is 0 Å². The first-order valence-electron chi connectivity index (χ1n) is 7.28. The van der Waals surface area contributed by atoms with Gasteiger partial charge in [-0.25, -0.2) is 8.78 Å². The summed E-state index contributed by atoms with van der Waals surface area (Å²) in [4.78, 5) is 12.1. The molecule has 0 aromatic heterocycles. The fraction of sp³-hybridized carbons (Fsp3) is 0.235. The number of nitrogens with two attached hydrogens (primary N) is 1. The smallest absolute Gasteiger partial charge is 0.396 e. The Labute approximate surface area is 140 Å². The van der Waals surface area contributed by atoms with E-state index in [0.29, 0.717) is 11.6 Å². The number of carbonyl (C=O) groups excluding carboxylic acids is 1. The average Bonchev–Trinajstić information content (AvgIpc) is 2.54. The summed E-state index contributed by atoms with van der Waals surface area (Å²) < 4.78 is 64.7. The molecule has 2 rings (SSSR count). The minimum Gasteiger partial charge on any atom is -0.396 e. The van der Waals surface area contributed by atoms with Gasteiger partial charge >= 0.3 is 6.18 Å². The normalized spacial score (nSPS) is 12.7. The Balaban J connectivity index is 2.05. The number of carbonyl (C=O) groups is 1. The van der Waals surface area contributed by atoms with Crippen LogP contribution in [0.15, 0.2) is 36.4 Å². The molecule has 0 aliphatic heterocycles. The topological polar surface area (TPSA) is 55.1 Å². The number of benzene rings is 2. The fourth-order valence-corrected chi connectivity index (χ4v) is 2.17. The minimum absolute atomic E-state index is 0.0526. The van der Waals surface area contributed by atoms with Crippen LogP contribution in [0.25, 0.3) is 0 Å². The first kappa shape index (κ1) is 18.7. The van der Waals surface area contributed by atoms with Gasteiger partial charge in [0.1, 0.15) is 11.6 Å². The third-order valence-electron chi connectivity index (χ3n) is 3.75. The van der Waals surface area contributed by atoms with Crippen molar-refractivity contribution in [1.29, 1.82) is 0 Å². The van der Waals surface area contributed by atoms with Crippen LogP contribution in [0.1, 0.15) is 29.5 Å². The lowest BCUT2D eigenvalue weighted by atomic mass is 9.99. The molecule has 3 N–H and O–H groups in total. The van der Waals surface area contributed by atoms with E-state index < -0.39 is 35.2 Å². The third kappa shape index (κ3) is 4.46. The quantitative estimate of drug-likeness (QED) is 0.642. The second-order valence-corrected chi connectivity index (χ2v) is 5.52. The molecular formula is C17H15F5N2O. The number of rotatable bonds is 4. The molecule has 8 heteroatoms. The number of nitrogen functional groups attached to an aromatic ring is 1. The van der Waals surface area contributed by atoms with Crippen LogP contribution in [0.2, 0.25) is 0 Å². The summed E-state index contributed by atoms with van der Waals surface area (Å²) >= 11 is 0. The van der Waals surface area contributed by atoms with Gasteiger partial charge in [-0.2, -0.15) is 13.2 Å². The van der Waals surface area contributed by atoms with Gasteiger partial charge in [0.15, 0.2) is 0 Å². The summed E-state index contributed by atoms with van der Waals surface area (Å²) in [7, 11) is 0. The highest BCUT2D eigenvalue weighted by atomic mass is 19.4. The van der Waals surface area contributed by atoms with Crippen molar-refractivity contribution in [3.63, 3.8) is 0 Å². The fourth-order valence-electron chi connectivity index (χ4n) is 2.17. The molecule has 2 aromatic rings. The maximum absolute atomic E-state index is 13.7. The molecule has 25 heavy (non-hydrogen) atoms. The molecule has 134 valence electrons. The second-order valence-electron chi connectivity index (χ2n) is 5.52. The summed E-state index contributed by atoms with van der Waals surface area (Å²) in [6.45, 7) is 1.23. The van der Waals surface area contributed by atoms with Crippen LogP contribution in [0.4, 0.5) is 27.6 Å². The molecule has 0 radical (unpaired) electrons. The van der Waals surface area contributed by atoms with E-state index in [1.807, 2.05) is 0 Å². The standard InChI is InChI=1S/C17H15F5N2O/c1-9(10-3-5-15(23)14(19)6-10)16(25)24-8-11-2-4-12(7-13(11)18)17(20,21)22/h2-7,9H,8,23H2,1H3,(H,24,25). The Morgan fingerprint density at radius 3 is 2.36 bits per heavy atom. The van der Waals surface area contributed by atoms with Gasteiger partial charge in [-0.05, 0) is 36.8 Å². The second kappa shape index (κ2) is 7.08. The van der Waals surface area contributed by atoms with Crippen LogP contribution >= 0.6 is 0 Å². The maximum atomic E-state index is 13.7. The molecule has 1 atom stereocenters. The molecule has 1 amide bonds. The summed E-state index contributed by atoms with van der Waals surface area (Å²) in [6, 6.07) is 6.01. The van der Waals surface area contributed by atoms with Crippen molar-refractivity contribution >= 4 is 11.6 Å². The number of hydrogen-bond donors (Lipinski definition) is 2. The zero-order chi connectivity index (χ0) is 18.8. The van der Waals surface area contributed by atoms with Crippen LogP contribution in [-0.2, 0) is 17.5 Å². The van der Waals surface area contributed by atoms with Crippen molar-refractivity contribution in [3.05, 3.63) is 64.7 Å². The van der Waals surface area contributed by atoms with Crippen LogP contribution in [0.3, 0.4) is 0 Å². The van der Waals surface area contributed by atoms with Gasteiger partial charge in [0, 0.05) is 12.1 Å². The molecule has 0 heterocycles. The van der Waals surface area contributed by atoms with E-state index in [1.165, 1.54) is 19.1 Å². The van der Waals surface area contributed by atoms with Crippen molar-refractivity contribution in [2.75, 3.05) is 5.73 Å². The average molecular weight is 358 g/mol. The van der Waals surface area contributed by atoms with E-state index >= 15 is 0 Å². The number of hydrogen-bond acceptors (Lipinski definition) is 2. The number of nitrogens with one attached hydrogen (secondary N) is 1. The number of amides is 1. The summed E-state index contributed by atoms with van der Waals surface area (Å²) in [6.07, 6.45) is -4.64. The summed E-state index contributed by atoms with van der Waals surface area (Å²) in [5.41, 5.74) is 4.49. The Morgan fingerprint density at radius 1 is 1.12 bits per heavy atom. The van der Waals surface area contributed by atoms with Crippen LogP contribution in [-0.4, -0.2) is 5.91 Å². The van der Waals surface area contributed by atoms with Gasteiger partial charge in [-0.3, -0.25) is 4.79 Å². The minimum atomic E-state index is -4.64. The molecule has 0 saturated heterocycles. The van der Waals surface area contributed by atoms with Gasteiger partial charge in [0.2, 0.25) is 5.91 Å². The van der Waals surface area contributed by atoms with E-state index in [1.54, 1.807) is 0 Å². The highest BCUT2D eigenvalue weighted by molar-refractivity contribution is 5.83. The Hall–Kier alpha value is -2.64. The molecule has 2 aromatic carbocycles. The van der Waals surface area contributed by atoms with Crippen molar-refractivity contribution in [2.45, 2.75) is 25.6 Å². The Kier molecular flexibility index (Phi) is 5.30. The maximum Gasteiger partial charge on any atom is 0.416 e. The molecule has 0 aliphatic rings. The Morgan fingerprint density at radius 2 is 1.80 bits per heavy atom. The van der Waals surface area contributed by atoms with Crippen LogP contribution in [0.5, 0.6) is 0 Å². The van der Waals surface area contributed by atoms with Crippen LogP contribution < -0.4 is 11.1 Å². The van der Waals surface area contributed by atoms with Crippen molar-refractivity contribution in [3.8, 4) is 0 Å². The van der Waals surface area contributed by atoms with Gasteiger partial charge in [-0.1, -0.05) is 12.1 Å². The predicted molar refractivity (Wildman–Crippen MR) is 82.5 cm³/mol. The molecule has 0 saturated carbocycles. The van der Waals surface area contributed by atoms with E-state index in [4.69, 9.17) is 5.73 Å². The monoisotopic (exact) mass is 358 g/mol. The third-order valence-corrected chi connectivity index (χ3v) is 3.75. The van der Waals surface area contributed by atoms with Crippen molar-refractivity contribution in [1.82, 2.24) is 5.32 Å². The van der Waals surface area contributed by atoms with Gasteiger partial charge < -0.3 is 11.1 Å². The molecule has 0 bridgehead atoms. The molecule has 1 unspecified atom stereocenters. The number of anilines is 1. The highest BCUT2D eigenvalue weighted by Crippen LogP contribution is 2.30. The lowest BCUT2D eigenvalue weighted by Crippen LogP contribution is -2.28. The first-order chi connectivity index (χ1) is 11.6. The molecule has 0 aliphatic carbocycles. The van der Waals surface area contributed by atoms with Gasteiger partial charge in [-0.15, -0.1) is 0 Å². The lowest BCUT2D eigenvalue weighted by molar-refractivity contribution is -0.137. The summed E-state index contributed by atoms with van der Waals surface area (Å²) in [5.74, 6) is -3.00. The van der Waals surface area contributed by atoms with Crippen molar-refractivity contribution < 1.29 is 26.7 Å². The summed E-state index contributed by atoms with van der Waals surface area (Å²) in [5, 5.41) is 2.42. The SMILES string of the molecule is CC(C(=O)NCc1ccc(C(F)(F)F)cc1F)c1ccc(N)c(F)c1. The number of halogens is 5. The van der Waals surface area contributed by atoms with Crippen LogP contribution in [0, 0.1) is 11.6 Å². The lowest BCUT2D eigenvalue weighted by Gasteiger charge is -2.14. The Bertz CT molecular complexity index is 789. The molecule has 0 spiro atoms.